The van der Waals surface area contributed by atoms with Gasteiger partial charge in [0.2, 0.25) is 0 Å². The second kappa shape index (κ2) is 11.4. The van der Waals surface area contributed by atoms with Crippen molar-refractivity contribution in [3.05, 3.63) is 51.7 Å². The van der Waals surface area contributed by atoms with E-state index in [-0.39, 0.29) is 0 Å². The van der Waals surface area contributed by atoms with Gasteiger partial charge in [0.1, 0.15) is 0 Å². The molecule has 2 rings (SSSR count). The molecule has 0 saturated heterocycles. The van der Waals surface area contributed by atoms with E-state index < -0.39 is 0 Å². The number of thiocarbonyl (C=S) groups is 1. The van der Waals surface area contributed by atoms with Crippen molar-refractivity contribution in [3.8, 4) is 0 Å². The first kappa shape index (κ1) is 21.9. The van der Waals surface area contributed by atoms with E-state index in [2.05, 4.69) is 78.6 Å². The van der Waals surface area contributed by atoms with E-state index in [0.29, 0.717) is 0 Å². The molecule has 2 aromatic rings. The van der Waals surface area contributed by atoms with Gasteiger partial charge in [0.25, 0.3) is 0 Å². The van der Waals surface area contributed by atoms with Gasteiger partial charge in [-0.1, -0.05) is 31.5 Å². The molecule has 0 unspecified atom stereocenters. The van der Waals surface area contributed by atoms with Crippen LogP contribution >= 0.6 is 23.6 Å². The molecular formula is C22H33N3S2. The third-order valence-electron chi connectivity index (χ3n) is 4.71. The molecule has 0 aliphatic carbocycles. The van der Waals surface area contributed by atoms with Crippen molar-refractivity contribution in [1.82, 2.24) is 9.80 Å². The summed E-state index contributed by atoms with van der Waals surface area (Å²) in [6.45, 7) is 10.6. The number of aryl methyl sites for hydroxylation is 2. The summed E-state index contributed by atoms with van der Waals surface area (Å²) in [6, 6.07) is 10.7. The van der Waals surface area contributed by atoms with E-state index in [1.165, 1.54) is 35.4 Å². The summed E-state index contributed by atoms with van der Waals surface area (Å²) < 4.78 is 0. The molecule has 0 aliphatic heterocycles. The first-order chi connectivity index (χ1) is 13.0. The molecule has 1 aromatic heterocycles. The lowest BCUT2D eigenvalue weighted by Crippen LogP contribution is -2.36. The van der Waals surface area contributed by atoms with Gasteiger partial charge in [0.05, 0.1) is 6.54 Å². The van der Waals surface area contributed by atoms with E-state index in [4.69, 9.17) is 12.2 Å². The summed E-state index contributed by atoms with van der Waals surface area (Å²) >= 11 is 7.58. The molecule has 1 N–H and O–H groups in total. The number of benzene rings is 1. The standard InChI is InChI=1S/C22H33N3S2/c1-5-6-12-24(4)13-8-14-25(17-20-9-7-15-27-20)22(26)23-21-16-18(2)10-11-19(21)3/h7,9-11,15-16H,5-6,8,12-14,17H2,1-4H3,(H,23,26). The smallest absolute Gasteiger partial charge is 0.173 e. The van der Waals surface area contributed by atoms with Gasteiger partial charge in [0, 0.05) is 17.1 Å². The SMILES string of the molecule is CCCCN(C)CCCN(Cc1cccs1)C(=S)Nc1cc(C)ccc1C. The third-order valence-corrected chi connectivity index (χ3v) is 5.93. The topological polar surface area (TPSA) is 18.5 Å². The van der Waals surface area contributed by atoms with E-state index >= 15 is 0 Å². The Balaban J connectivity index is 1.98. The van der Waals surface area contributed by atoms with Gasteiger partial charge in [0.15, 0.2) is 5.11 Å². The third kappa shape index (κ3) is 7.60. The Morgan fingerprint density at radius 1 is 1.11 bits per heavy atom. The molecule has 0 atom stereocenters. The van der Waals surface area contributed by atoms with Crippen molar-refractivity contribution in [2.75, 3.05) is 32.0 Å². The maximum Gasteiger partial charge on any atom is 0.173 e. The van der Waals surface area contributed by atoms with Crippen molar-refractivity contribution in [3.63, 3.8) is 0 Å². The average Bonchev–Trinajstić information content (AvgIpc) is 3.15. The number of hydrogen-bond acceptors (Lipinski definition) is 3. The summed E-state index contributed by atoms with van der Waals surface area (Å²) in [4.78, 5) is 6.07. The molecule has 0 bridgehead atoms. The highest BCUT2D eigenvalue weighted by Crippen LogP contribution is 2.19. The minimum atomic E-state index is 0.813. The van der Waals surface area contributed by atoms with Crippen molar-refractivity contribution in [2.24, 2.45) is 0 Å². The highest BCUT2D eigenvalue weighted by molar-refractivity contribution is 7.80. The number of thiophene rings is 1. The number of unbranched alkanes of at least 4 members (excludes halogenated alkanes) is 1. The van der Waals surface area contributed by atoms with Gasteiger partial charge in [-0.05, 0) is 87.7 Å². The highest BCUT2D eigenvalue weighted by atomic mass is 32.1. The summed E-state index contributed by atoms with van der Waals surface area (Å²) in [5.74, 6) is 0. The molecule has 5 heteroatoms. The van der Waals surface area contributed by atoms with Crippen LogP contribution in [0.25, 0.3) is 0 Å². The largest absolute Gasteiger partial charge is 0.344 e. The lowest BCUT2D eigenvalue weighted by atomic mass is 10.1. The predicted molar refractivity (Wildman–Crippen MR) is 124 cm³/mol. The lowest BCUT2D eigenvalue weighted by molar-refractivity contribution is 0.300. The van der Waals surface area contributed by atoms with Crippen LogP contribution in [0.1, 0.15) is 42.2 Å². The van der Waals surface area contributed by atoms with Gasteiger partial charge in [-0.15, -0.1) is 11.3 Å². The van der Waals surface area contributed by atoms with Gasteiger partial charge in [-0.2, -0.15) is 0 Å². The fourth-order valence-corrected chi connectivity index (χ4v) is 3.96. The van der Waals surface area contributed by atoms with Crippen LogP contribution < -0.4 is 5.32 Å². The Morgan fingerprint density at radius 2 is 1.89 bits per heavy atom. The van der Waals surface area contributed by atoms with Gasteiger partial charge in [-0.3, -0.25) is 0 Å². The molecule has 27 heavy (non-hydrogen) atoms. The molecule has 3 nitrogen and oxygen atoms in total. The Labute approximate surface area is 174 Å². The van der Waals surface area contributed by atoms with Crippen molar-refractivity contribution >= 4 is 34.4 Å². The van der Waals surface area contributed by atoms with Gasteiger partial charge >= 0.3 is 0 Å². The average molecular weight is 404 g/mol. The zero-order valence-corrected chi connectivity index (χ0v) is 18.8. The van der Waals surface area contributed by atoms with E-state index in [1.54, 1.807) is 11.3 Å². The van der Waals surface area contributed by atoms with Crippen LogP contribution in [0, 0.1) is 13.8 Å². The quantitative estimate of drug-likeness (QED) is 0.514. The molecule has 1 aromatic carbocycles. The first-order valence-corrected chi connectivity index (χ1v) is 11.1. The van der Waals surface area contributed by atoms with Gasteiger partial charge < -0.3 is 15.1 Å². The number of hydrogen-bond donors (Lipinski definition) is 1. The fraction of sp³-hybridized carbons (Fsp3) is 0.500. The van der Waals surface area contributed by atoms with Crippen molar-refractivity contribution < 1.29 is 0 Å². The zero-order valence-electron chi connectivity index (χ0n) is 17.1. The Morgan fingerprint density at radius 3 is 2.59 bits per heavy atom. The normalized spacial score (nSPS) is 11.0. The molecule has 148 valence electrons. The van der Waals surface area contributed by atoms with Crippen LogP contribution in [0.15, 0.2) is 35.7 Å². The minimum absolute atomic E-state index is 0.813. The number of anilines is 1. The first-order valence-electron chi connectivity index (χ1n) is 9.83. The van der Waals surface area contributed by atoms with Crippen LogP contribution in [0.3, 0.4) is 0 Å². The predicted octanol–water partition coefficient (Wildman–Crippen LogP) is 5.69. The minimum Gasteiger partial charge on any atom is -0.344 e. The van der Waals surface area contributed by atoms with Crippen molar-refractivity contribution in [2.45, 2.75) is 46.6 Å². The van der Waals surface area contributed by atoms with E-state index in [0.717, 1.165) is 36.9 Å². The molecule has 0 aliphatic rings. The highest BCUT2D eigenvalue weighted by Gasteiger charge is 2.13. The maximum atomic E-state index is 5.79. The molecule has 0 radical (unpaired) electrons. The summed E-state index contributed by atoms with van der Waals surface area (Å²) in [6.07, 6.45) is 3.63. The zero-order chi connectivity index (χ0) is 19.6. The molecule has 0 amide bonds. The molecule has 0 saturated carbocycles. The van der Waals surface area contributed by atoms with Crippen molar-refractivity contribution in [1.29, 1.82) is 0 Å². The molecule has 0 spiro atoms. The molecular weight excluding hydrogens is 370 g/mol. The summed E-state index contributed by atoms with van der Waals surface area (Å²) in [7, 11) is 2.21. The summed E-state index contributed by atoms with van der Waals surface area (Å²) in [5.41, 5.74) is 3.57. The van der Waals surface area contributed by atoms with Crippen LogP contribution in [0.5, 0.6) is 0 Å². The number of nitrogens with zero attached hydrogens (tertiary/aromatic N) is 2. The monoisotopic (exact) mass is 403 g/mol. The van der Waals surface area contributed by atoms with Gasteiger partial charge in [-0.25, -0.2) is 0 Å². The van der Waals surface area contributed by atoms with Crippen LogP contribution in [0.4, 0.5) is 5.69 Å². The molecule has 0 fully saturated rings. The number of rotatable bonds is 10. The summed E-state index contributed by atoms with van der Waals surface area (Å²) in [5, 5.41) is 6.43. The Bertz CT molecular complexity index is 698. The fourth-order valence-electron chi connectivity index (χ4n) is 2.98. The number of nitrogens with one attached hydrogen (secondary N) is 1. The second-order valence-electron chi connectivity index (χ2n) is 7.26. The molecule has 1 heterocycles. The van der Waals surface area contributed by atoms with Crippen LogP contribution in [-0.4, -0.2) is 41.6 Å². The lowest BCUT2D eigenvalue weighted by Gasteiger charge is -2.27. The van der Waals surface area contributed by atoms with Crippen LogP contribution in [0.2, 0.25) is 0 Å². The van der Waals surface area contributed by atoms with E-state index in [1.807, 2.05) is 0 Å². The van der Waals surface area contributed by atoms with Crippen LogP contribution in [-0.2, 0) is 6.54 Å². The Hall–Kier alpha value is -1.43. The van der Waals surface area contributed by atoms with E-state index in [9.17, 15) is 0 Å². The Kier molecular flexibility index (Phi) is 9.25. The maximum absolute atomic E-state index is 5.79. The second-order valence-corrected chi connectivity index (χ2v) is 8.68.